The van der Waals surface area contributed by atoms with E-state index < -0.39 is 17.5 Å². The predicted molar refractivity (Wildman–Crippen MR) is 194 cm³/mol. The Labute approximate surface area is 309 Å². The molecule has 0 aliphatic carbocycles. The number of imide groups is 1. The summed E-state index contributed by atoms with van der Waals surface area (Å²) in [7, 11) is 0. The molecule has 0 spiro atoms. The number of nitrogens with zero attached hydrogens (tertiary/aromatic N) is 4. The van der Waals surface area contributed by atoms with Crippen LogP contribution in [-0.4, -0.2) is 80.6 Å². The largest absolute Gasteiger partial charge is 0.458 e. The Morgan fingerprint density at radius 1 is 0.981 bits per heavy atom. The molecule has 3 aliphatic heterocycles. The molecule has 1 atom stereocenters. The Hall–Kier alpha value is -5.80. The molecule has 3 aromatic heterocycles. The summed E-state index contributed by atoms with van der Waals surface area (Å²) in [6.45, 7) is 2.09. The molecule has 0 bridgehead atoms. The van der Waals surface area contributed by atoms with Gasteiger partial charge < -0.3 is 29.8 Å². The maximum absolute atomic E-state index is 13.8. The fourth-order valence-electron chi connectivity index (χ4n) is 7.37. The molecule has 15 nitrogen and oxygen atoms in total. The fourth-order valence-corrected chi connectivity index (χ4v) is 7.37. The maximum atomic E-state index is 13.8. The van der Waals surface area contributed by atoms with Crippen molar-refractivity contribution >= 4 is 51.4 Å². The summed E-state index contributed by atoms with van der Waals surface area (Å²) in [6, 6.07) is 9.36. The molecular weight excluding hydrogens is 696 g/mol. The van der Waals surface area contributed by atoms with Crippen LogP contribution in [0.2, 0.25) is 0 Å². The number of esters is 1. The molecule has 54 heavy (non-hydrogen) atoms. The highest BCUT2D eigenvalue weighted by molar-refractivity contribution is 6.13. The van der Waals surface area contributed by atoms with Crippen LogP contribution in [0.4, 0.5) is 0 Å². The molecule has 7 rings (SSSR count). The number of carbonyl (C=O) groups excluding carboxylic acids is 5. The molecule has 6 heterocycles. The number of pyridine rings is 3. The standard InChI is InChI=1S/C39H40N6O9/c1-2-39(52)27-18-30-36-25(20-45(30)37(50)26(27)21-54-38(39)51)23(35-24-8-6-15-40-28(24)11-12-29(35)43-36)9-7-17-53-22-42-32(47)19-41-31(46)10-4-3-5-16-44-33(48)13-14-34(44)49/h6,8,11-15,18,52H,2-5,7,9-10,16-17,19-22H2,1H3,(H,41,46)(H,42,47)/t39-/m0/s1. The van der Waals surface area contributed by atoms with Gasteiger partial charge in [0.15, 0.2) is 5.60 Å². The van der Waals surface area contributed by atoms with Gasteiger partial charge in [-0.2, -0.15) is 0 Å². The molecule has 4 aromatic rings. The Kier molecular flexibility index (Phi) is 10.3. The van der Waals surface area contributed by atoms with E-state index >= 15 is 0 Å². The van der Waals surface area contributed by atoms with E-state index in [2.05, 4.69) is 15.6 Å². The zero-order chi connectivity index (χ0) is 38.0. The van der Waals surface area contributed by atoms with E-state index in [0.29, 0.717) is 56.6 Å². The molecule has 0 unspecified atom stereocenters. The van der Waals surface area contributed by atoms with Crippen molar-refractivity contribution in [1.82, 2.24) is 30.1 Å². The van der Waals surface area contributed by atoms with Crippen LogP contribution in [0.15, 0.2) is 53.5 Å². The van der Waals surface area contributed by atoms with Crippen molar-refractivity contribution in [3.63, 3.8) is 0 Å². The number of amides is 4. The summed E-state index contributed by atoms with van der Waals surface area (Å²) >= 11 is 0. The first-order chi connectivity index (χ1) is 26.1. The second kappa shape index (κ2) is 15.3. The van der Waals surface area contributed by atoms with Crippen molar-refractivity contribution in [2.24, 2.45) is 0 Å². The first-order valence-corrected chi connectivity index (χ1v) is 18.1. The number of unbranched alkanes of at least 4 members (excludes halogenated alkanes) is 2. The van der Waals surface area contributed by atoms with Gasteiger partial charge in [0.05, 0.1) is 41.1 Å². The van der Waals surface area contributed by atoms with Crippen molar-refractivity contribution in [2.45, 2.75) is 70.6 Å². The number of cyclic esters (lactones) is 1. The molecule has 15 heteroatoms. The smallest absolute Gasteiger partial charge is 0.343 e. The molecular formula is C39H40N6O9. The summed E-state index contributed by atoms with van der Waals surface area (Å²) < 4.78 is 12.6. The molecule has 0 saturated heterocycles. The van der Waals surface area contributed by atoms with Crippen molar-refractivity contribution in [3.05, 3.63) is 81.3 Å². The van der Waals surface area contributed by atoms with Crippen molar-refractivity contribution in [1.29, 1.82) is 0 Å². The third kappa shape index (κ3) is 6.87. The van der Waals surface area contributed by atoms with Crippen molar-refractivity contribution in [3.8, 4) is 11.4 Å². The Morgan fingerprint density at radius 2 is 1.78 bits per heavy atom. The maximum Gasteiger partial charge on any atom is 0.343 e. The molecule has 0 saturated carbocycles. The first-order valence-electron chi connectivity index (χ1n) is 18.1. The van der Waals surface area contributed by atoms with Crippen LogP contribution in [0.3, 0.4) is 0 Å². The topological polar surface area (TPSA) is 199 Å². The highest BCUT2D eigenvalue weighted by Gasteiger charge is 2.45. The molecule has 0 fully saturated rings. The molecule has 1 aromatic carbocycles. The average Bonchev–Trinajstić information content (AvgIpc) is 3.71. The summed E-state index contributed by atoms with van der Waals surface area (Å²) in [6.07, 6.45) is 7.43. The van der Waals surface area contributed by atoms with Crippen LogP contribution in [0.25, 0.3) is 33.2 Å². The quantitative estimate of drug-likeness (QED) is 0.0469. The number of rotatable bonds is 15. The number of hydrogen-bond donors (Lipinski definition) is 3. The Morgan fingerprint density at radius 3 is 2.57 bits per heavy atom. The summed E-state index contributed by atoms with van der Waals surface area (Å²) in [4.78, 5) is 84.9. The zero-order valence-electron chi connectivity index (χ0n) is 29.8. The van der Waals surface area contributed by atoms with Gasteiger partial charge in [0.1, 0.15) is 13.3 Å². The van der Waals surface area contributed by atoms with Crippen LogP contribution >= 0.6 is 0 Å². The highest BCUT2D eigenvalue weighted by Crippen LogP contribution is 2.41. The number of ether oxygens (including phenoxy) is 2. The number of aromatic nitrogens is 3. The minimum atomic E-state index is -1.93. The summed E-state index contributed by atoms with van der Waals surface area (Å²) in [5.74, 6) is -2.08. The van der Waals surface area contributed by atoms with Gasteiger partial charge >= 0.3 is 5.97 Å². The van der Waals surface area contributed by atoms with Gasteiger partial charge in [0, 0.05) is 59.8 Å². The predicted octanol–water partition coefficient (Wildman–Crippen LogP) is 2.25. The Balaban J connectivity index is 0.963. The number of benzene rings is 1. The molecule has 3 N–H and O–H groups in total. The fraction of sp³-hybridized carbons (Fsp3) is 0.385. The van der Waals surface area contributed by atoms with E-state index in [4.69, 9.17) is 14.5 Å². The van der Waals surface area contributed by atoms with E-state index in [1.165, 1.54) is 17.1 Å². The number of hydrogen-bond acceptors (Lipinski definition) is 11. The lowest BCUT2D eigenvalue weighted by Gasteiger charge is -2.31. The zero-order valence-corrected chi connectivity index (χ0v) is 29.8. The van der Waals surface area contributed by atoms with E-state index in [9.17, 15) is 33.9 Å². The lowest BCUT2D eigenvalue weighted by atomic mass is 9.86. The molecule has 280 valence electrons. The normalized spacial score (nSPS) is 17.1. The summed E-state index contributed by atoms with van der Waals surface area (Å²) in [5, 5.41) is 18.4. The highest BCUT2D eigenvalue weighted by atomic mass is 16.6. The van der Waals surface area contributed by atoms with Crippen molar-refractivity contribution in [2.75, 3.05) is 26.4 Å². The molecule has 0 radical (unpaired) electrons. The molecule has 4 amide bonds. The Bertz CT molecular complexity index is 2280. The minimum Gasteiger partial charge on any atom is -0.458 e. The number of nitrogens with one attached hydrogen (secondary N) is 2. The minimum absolute atomic E-state index is 0.0485. The van der Waals surface area contributed by atoms with Crippen LogP contribution in [0.1, 0.15) is 67.7 Å². The van der Waals surface area contributed by atoms with E-state index in [-0.39, 0.29) is 73.7 Å². The van der Waals surface area contributed by atoms with Crippen LogP contribution < -0.4 is 16.2 Å². The first kappa shape index (κ1) is 36.6. The second-order valence-corrected chi connectivity index (χ2v) is 13.6. The van der Waals surface area contributed by atoms with Gasteiger partial charge in [-0.15, -0.1) is 0 Å². The molecule has 3 aliphatic rings. The van der Waals surface area contributed by atoms with Crippen LogP contribution in [0.5, 0.6) is 0 Å². The lowest BCUT2D eigenvalue weighted by molar-refractivity contribution is -0.172. The van der Waals surface area contributed by atoms with E-state index in [0.717, 1.165) is 32.9 Å². The number of fused-ring (bicyclic) bond motifs is 7. The van der Waals surface area contributed by atoms with E-state index in [1.807, 2.05) is 24.3 Å². The third-order valence-electron chi connectivity index (χ3n) is 10.3. The van der Waals surface area contributed by atoms with Gasteiger partial charge in [-0.1, -0.05) is 19.4 Å². The van der Waals surface area contributed by atoms with Crippen LogP contribution in [-0.2, 0) is 58.6 Å². The van der Waals surface area contributed by atoms with Gasteiger partial charge in [-0.05, 0) is 61.9 Å². The third-order valence-corrected chi connectivity index (χ3v) is 10.3. The average molecular weight is 737 g/mol. The van der Waals surface area contributed by atoms with Crippen molar-refractivity contribution < 1.29 is 38.6 Å². The monoisotopic (exact) mass is 736 g/mol. The number of aryl methyl sites for hydroxylation is 1. The lowest BCUT2D eigenvalue weighted by Crippen LogP contribution is -2.44. The summed E-state index contributed by atoms with van der Waals surface area (Å²) in [5.41, 5.74) is 2.76. The van der Waals surface area contributed by atoms with E-state index in [1.54, 1.807) is 23.8 Å². The van der Waals surface area contributed by atoms with Gasteiger partial charge in [-0.25, -0.2) is 9.78 Å². The van der Waals surface area contributed by atoms with Gasteiger partial charge in [-0.3, -0.25) is 33.9 Å². The van der Waals surface area contributed by atoms with Crippen LogP contribution in [0, 0.1) is 0 Å². The number of aliphatic hydroxyl groups is 1. The SMILES string of the molecule is CC[C@@]1(O)C(=O)OCc2c1cc1n(c2=O)Cc2c-1nc1ccc3ncccc3c1c2CCCOCNC(=O)CNC(=O)CCCCCN1C(=O)C=CC1=O. The van der Waals surface area contributed by atoms with Gasteiger partial charge in [0.2, 0.25) is 11.8 Å². The van der Waals surface area contributed by atoms with Gasteiger partial charge in [0.25, 0.3) is 17.4 Å². The number of carbonyl (C=O) groups is 5. The second-order valence-electron chi connectivity index (χ2n) is 13.6.